The summed E-state index contributed by atoms with van der Waals surface area (Å²) in [5.41, 5.74) is -0.517. The van der Waals surface area contributed by atoms with E-state index in [2.05, 4.69) is 4.72 Å². The van der Waals surface area contributed by atoms with Crippen LogP contribution in [0.5, 0.6) is 11.5 Å². The van der Waals surface area contributed by atoms with Gasteiger partial charge in [0.25, 0.3) is 10.0 Å². The molecule has 0 saturated carbocycles. The third-order valence-electron chi connectivity index (χ3n) is 3.52. The molecule has 2 rings (SSSR count). The first kappa shape index (κ1) is 20.2. The Kier molecular flexibility index (Phi) is 5.62. The van der Waals surface area contributed by atoms with Gasteiger partial charge in [-0.05, 0) is 36.8 Å². The summed E-state index contributed by atoms with van der Waals surface area (Å²) in [4.78, 5) is -0.678. The molecular weight excluding hydrogens is 395 g/mol. The van der Waals surface area contributed by atoms with Gasteiger partial charge in [0.2, 0.25) is 0 Å². The van der Waals surface area contributed by atoms with Crippen LogP contribution in [0.3, 0.4) is 0 Å². The molecule has 0 fully saturated rings. The Bertz CT molecular complexity index is 930. The number of anilines is 1. The van der Waals surface area contributed by atoms with Crippen molar-refractivity contribution < 1.29 is 31.1 Å². The second kappa shape index (κ2) is 7.24. The van der Waals surface area contributed by atoms with Gasteiger partial charge in [-0.3, -0.25) is 4.72 Å². The number of nitrogens with one attached hydrogen (secondary N) is 1. The second-order valence-electron chi connectivity index (χ2n) is 5.27. The SMILES string of the molecule is COc1cc(C)c(NS(=O)(=O)c2cc(C(F)(F)F)ccc2Cl)cc1OC. The number of hydrogen-bond acceptors (Lipinski definition) is 4. The maximum Gasteiger partial charge on any atom is 0.416 e. The lowest BCUT2D eigenvalue weighted by atomic mass is 10.2. The predicted octanol–water partition coefficient (Wildman–Crippen LogP) is 4.49. The third kappa shape index (κ3) is 4.16. The van der Waals surface area contributed by atoms with E-state index in [0.29, 0.717) is 23.4 Å². The Morgan fingerprint density at radius 2 is 1.62 bits per heavy atom. The van der Waals surface area contributed by atoms with E-state index >= 15 is 0 Å². The number of halogens is 4. The van der Waals surface area contributed by atoms with Crippen LogP contribution in [0.2, 0.25) is 5.02 Å². The molecule has 0 spiro atoms. The molecular formula is C16H15ClF3NO4S. The van der Waals surface area contributed by atoms with Crippen LogP contribution in [-0.4, -0.2) is 22.6 Å². The molecule has 0 aromatic heterocycles. The summed E-state index contributed by atoms with van der Waals surface area (Å²) in [7, 11) is -1.58. The predicted molar refractivity (Wildman–Crippen MR) is 91.5 cm³/mol. The van der Waals surface area contributed by atoms with Gasteiger partial charge in [0.15, 0.2) is 11.5 Å². The first-order chi connectivity index (χ1) is 12.0. The van der Waals surface area contributed by atoms with E-state index in [1.54, 1.807) is 6.92 Å². The molecule has 2 aromatic rings. The average molecular weight is 410 g/mol. The van der Waals surface area contributed by atoms with E-state index in [9.17, 15) is 21.6 Å². The smallest absolute Gasteiger partial charge is 0.416 e. The molecule has 26 heavy (non-hydrogen) atoms. The maximum atomic E-state index is 12.9. The largest absolute Gasteiger partial charge is 0.493 e. The zero-order valence-corrected chi connectivity index (χ0v) is 15.5. The van der Waals surface area contributed by atoms with Crippen molar-refractivity contribution in [2.24, 2.45) is 0 Å². The molecule has 0 saturated heterocycles. The fourth-order valence-electron chi connectivity index (χ4n) is 2.18. The number of benzene rings is 2. The van der Waals surface area contributed by atoms with Crippen LogP contribution in [0.4, 0.5) is 18.9 Å². The van der Waals surface area contributed by atoms with Gasteiger partial charge in [0, 0.05) is 6.07 Å². The van der Waals surface area contributed by atoms with E-state index in [0.717, 1.165) is 6.07 Å². The van der Waals surface area contributed by atoms with Crippen molar-refractivity contribution in [2.45, 2.75) is 18.0 Å². The van der Waals surface area contributed by atoms with Crippen LogP contribution in [-0.2, 0) is 16.2 Å². The van der Waals surface area contributed by atoms with Crippen molar-refractivity contribution in [1.82, 2.24) is 0 Å². The lowest BCUT2D eigenvalue weighted by Gasteiger charge is -2.16. The van der Waals surface area contributed by atoms with Crippen LogP contribution < -0.4 is 14.2 Å². The Morgan fingerprint density at radius 3 is 2.15 bits per heavy atom. The molecule has 0 unspecified atom stereocenters. The maximum absolute atomic E-state index is 12.9. The van der Waals surface area contributed by atoms with E-state index in [-0.39, 0.29) is 16.5 Å². The van der Waals surface area contributed by atoms with Crippen molar-refractivity contribution in [3.8, 4) is 11.5 Å². The summed E-state index contributed by atoms with van der Waals surface area (Å²) in [6.07, 6.45) is -4.70. The van der Waals surface area contributed by atoms with Gasteiger partial charge in [0.1, 0.15) is 4.90 Å². The average Bonchev–Trinajstić information content (AvgIpc) is 2.55. The van der Waals surface area contributed by atoms with Crippen LogP contribution in [0.15, 0.2) is 35.2 Å². The topological polar surface area (TPSA) is 64.6 Å². The first-order valence-corrected chi connectivity index (χ1v) is 8.98. The number of ether oxygens (including phenoxy) is 2. The molecule has 0 bridgehead atoms. The van der Waals surface area contributed by atoms with Crippen molar-refractivity contribution in [2.75, 3.05) is 18.9 Å². The molecule has 0 aliphatic carbocycles. The van der Waals surface area contributed by atoms with Gasteiger partial charge < -0.3 is 9.47 Å². The Balaban J connectivity index is 2.50. The number of alkyl halides is 3. The molecule has 0 amide bonds. The number of methoxy groups -OCH3 is 2. The molecule has 0 aliphatic rings. The van der Waals surface area contributed by atoms with Gasteiger partial charge >= 0.3 is 6.18 Å². The second-order valence-corrected chi connectivity index (χ2v) is 7.33. The molecule has 5 nitrogen and oxygen atoms in total. The molecule has 2 aromatic carbocycles. The standard InChI is InChI=1S/C16H15ClF3NO4S/c1-9-6-13(24-2)14(25-3)8-12(9)21-26(22,23)15-7-10(16(18,19)20)4-5-11(15)17/h4-8,21H,1-3H3. The zero-order chi connectivity index (χ0) is 19.7. The van der Waals surface area contributed by atoms with Crippen LogP contribution in [0.1, 0.15) is 11.1 Å². The van der Waals surface area contributed by atoms with Gasteiger partial charge in [-0.15, -0.1) is 0 Å². The molecule has 0 radical (unpaired) electrons. The zero-order valence-electron chi connectivity index (χ0n) is 13.9. The third-order valence-corrected chi connectivity index (χ3v) is 5.37. The first-order valence-electron chi connectivity index (χ1n) is 7.11. The summed E-state index contributed by atoms with van der Waals surface area (Å²) in [6.45, 7) is 1.60. The number of rotatable bonds is 5. The lowest BCUT2D eigenvalue weighted by Crippen LogP contribution is -2.16. The molecule has 1 N–H and O–H groups in total. The van der Waals surface area contributed by atoms with Gasteiger partial charge in [-0.25, -0.2) is 8.42 Å². The summed E-state index contributed by atoms with van der Waals surface area (Å²) in [6, 6.07) is 4.99. The molecule has 0 atom stereocenters. The Hall–Kier alpha value is -2.13. The molecule has 0 aliphatic heterocycles. The molecule has 10 heteroatoms. The quantitative estimate of drug-likeness (QED) is 0.790. The molecule has 0 heterocycles. The van der Waals surface area contributed by atoms with Crippen molar-refractivity contribution in [3.05, 3.63) is 46.5 Å². The van der Waals surface area contributed by atoms with Gasteiger partial charge in [-0.1, -0.05) is 11.6 Å². The van der Waals surface area contributed by atoms with Crippen molar-refractivity contribution >= 4 is 27.3 Å². The van der Waals surface area contributed by atoms with E-state index in [4.69, 9.17) is 21.1 Å². The Morgan fingerprint density at radius 1 is 1.04 bits per heavy atom. The minimum atomic E-state index is -4.70. The summed E-state index contributed by atoms with van der Waals surface area (Å²) in [5.74, 6) is 0.635. The number of sulfonamides is 1. The van der Waals surface area contributed by atoms with Crippen molar-refractivity contribution in [3.63, 3.8) is 0 Å². The van der Waals surface area contributed by atoms with Crippen LogP contribution in [0.25, 0.3) is 0 Å². The summed E-state index contributed by atoms with van der Waals surface area (Å²) < 4.78 is 76.2. The highest BCUT2D eigenvalue weighted by Crippen LogP contribution is 2.36. The monoisotopic (exact) mass is 409 g/mol. The number of aryl methyl sites for hydroxylation is 1. The highest BCUT2D eigenvalue weighted by Gasteiger charge is 2.33. The molecule has 142 valence electrons. The van der Waals surface area contributed by atoms with E-state index in [1.165, 1.54) is 26.4 Å². The lowest BCUT2D eigenvalue weighted by molar-refractivity contribution is -0.137. The minimum absolute atomic E-state index is 0.121. The van der Waals surface area contributed by atoms with E-state index in [1.807, 2.05) is 0 Å². The highest BCUT2D eigenvalue weighted by atomic mass is 35.5. The minimum Gasteiger partial charge on any atom is -0.493 e. The van der Waals surface area contributed by atoms with Crippen molar-refractivity contribution in [1.29, 1.82) is 0 Å². The van der Waals surface area contributed by atoms with Crippen LogP contribution >= 0.6 is 11.6 Å². The fourth-order valence-corrected chi connectivity index (χ4v) is 3.82. The normalized spacial score (nSPS) is 12.0. The summed E-state index contributed by atoms with van der Waals surface area (Å²) in [5, 5.41) is -0.330. The Labute approximate surface area is 153 Å². The van der Waals surface area contributed by atoms with Gasteiger partial charge in [0.05, 0.1) is 30.5 Å². The summed E-state index contributed by atoms with van der Waals surface area (Å²) >= 11 is 5.81. The van der Waals surface area contributed by atoms with E-state index < -0.39 is 26.7 Å². The van der Waals surface area contributed by atoms with Crippen LogP contribution in [0, 0.1) is 6.92 Å². The number of hydrogen-bond donors (Lipinski definition) is 1. The highest BCUT2D eigenvalue weighted by molar-refractivity contribution is 7.92. The fraction of sp³-hybridized carbons (Fsp3) is 0.250. The van der Waals surface area contributed by atoms with Gasteiger partial charge in [-0.2, -0.15) is 13.2 Å².